The molecule has 111 heavy (non-hydrogen) atoms. The molecule has 0 heterocycles. The zero-order valence-electron chi connectivity index (χ0n) is 73.6. The lowest BCUT2D eigenvalue weighted by Gasteiger charge is -2.21. The number of phosphoric ester groups is 2. The molecule has 0 aromatic rings. The van der Waals surface area contributed by atoms with Crippen molar-refractivity contribution in [3.8, 4) is 0 Å². The van der Waals surface area contributed by atoms with Gasteiger partial charge in [-0.15, -0.1) is 0 Å². The van der Waals surface area contributed by atoms with Crippen molar-refractivity contribution in [1.29, 1.82) is 0 Å². The van der Waals surface area contributed by atoms with E-state index in [4.69, 9.17) is 37.0 Å². The maximum Gasteiger partial charge on any atom is 0.472 e. The fraction of sp³-hybridized carbons (Fsp3) is 0.957. The second kappa shape index (κ2) is 80.5. The summed E-state index contributed by atoms with van der Waals surface area (Å²) in [5.74, 6) is 1.14. The molecule has 5 unspecified atom stereocenters. The van der Waals surface area contributed by atoms with Crippen LogP contribution in [0.5, 0.6) is 0 Å². The molecule has 0 aliphatic rings. The van der Waals surface area contributed by atoms with Gasteiger partial charge in [-0.25, -0.2) is 9.13 Å². The van der Waals surface area contributed by atoms with Crippen LogP contribution in [0.15, 0.2) is 0 Å². The van der Waals surface area contributed by atoms with E-state index < -0.39 is 97.5 Å². The Morgan fingerprint density at radius 1 is 0.252 bits per heavy atom. The second-order valence-electron chi connectivity index (χ2n) is 34.5. The summed E-state index contributed by atoms with van der Waals surface area (Å²) in [5, 5.41) is 10.7. The molecule has 0 amide bonds. The molecule has 0 rings (SSSR count). The van der Waals surface area contributed by atoms with Crippen molar-refractivity contribution in [1.82, 2.24) is 0 Å². The molecule has 0 bridgehead atoms. The highest BCUT2D eigenvalue weighted by molar-refractivity contribution is 7.47. The minimum Gasteiger partial charge on any atom is -0.462 e. The highest BCUT2D eigenvalue weighted by atomic mass is 31.2. The van der Waals surface area contributed by atoms with E-state index in [9.17, 15) is 43.2 Å². The largest absolute Gasteiger partial charge is 0.472 e. The Labute approximate surface area is 683 Å². The maximum atomic E-state index is 13.2. The quantitative estimate of drug-likeness (QED) is 0.0222. The van der Waals surface area contributed by atoms with Crippen molar-refractivity contribution in [2.75, 3.05) is 39.6 Å². The van der Waals surface area contributed by atoms with Crippen LogP contribution in [0, 0.1) is 23.7 Å². The smallest absolute Gasteiger partial charge is 0.462 e. The first kappa shape index (κ1) is 109. The molecule has 0 aliphatic carbocycles. The molecular weight excluding hydrogens is 1440 g/mol. The number of carbonyl (C=O) groups is 4. The molecule has 7 atom stereocenters. The Hall–Kier alpha value is -1.94. The number of aliphatic hydroxyl groups is 1. The molecule has 19 heteroatoms. The van der Waals surface area contributed by atoms with Crippen LogP contribution in [0.1, 0.15) is 486 Å². The summed E-state index contributed by atoms with van der Waals surface area (Å²) >= 11 is 0. The number of esters is 4. The fourth-order valence-corrected chi connectivity index (χ4v) is 15.9. The lowest BCUT2D eigenvalue weighted by atomic mass is 9.99. The van der Waals surface area contributed by atoms with Crippen LogP contribution < -0.4 is 0 Å². The van der Waals surface area contributed by atoms with Gasteiger partial charge in [-0.1, -0.05) is 434 Å². The number of phosphoric acid groups is 2. The van der Waals surface area contributed by atoms with Crippen LogP contribution in [0.3, 0.4) is 0 Å². The Morgan fingerprint density at radius 2 is 0.432 bits per heavy atom. The van der Waals surface area contributed by atoms with Gasteiger partial charge in [0.25, 0.3) is 0 Å². The molecule has 0 radical (unpaired) electrons. The molecule has 0 spiro atoms. The van der Waals surface area contributed by atoms with Crippen molar-refractivity contribution in [2.45, 2.75) is 504 Å². The van der Waals surface area contributed by atoms with Gasteiger partial charge in [-0.05, 0) is 49.4 Å². The van der Waals surface area contributed by atoms with Gasteiger partial charge in [0.05, 0.1) is 26.4 Å². The summed E-state index contributed by atoms with van der Waals surface area (Å²) in [4.78, 5) is 73.4. The molecule has 0 aromatic carbocycles. The van der Waals surface area contributed by atoms with E-state index in [1.807, 2.05) is 0 Å². The van der Waals surface area contributed by atoms with Gasteiger partial charge >= 0.3 is 39.5 Å². The average Bonchev–Trinajstić information content (AvgIpc) is 0.899. The third-order valence-corrected chi connectivity index (χ3v) is 24.2. The van der Waals surface area contributed by atoms with Gasteiger partial charge in [0, 0.05) is 25.7 Å². The van der Waals surface area contributed by atoms with Crippen LogP contribution in [0.25, 0.3) is 0 Å². The van der Waals surface area contributed by atoms with Crippen molar-refractivity contribution >= 4 is 39.5 Å². The number of carbonyl (C=O) groups excluding carboxylic acids is 4. The Kier molecular flexibility index (Phi) is 79.1. The van der Waals surface area contributed by atoms with E-state index in [-0.39, 0.29) is 25.7 Å². The molecular formula is C92H180O17P2. The topological polar surface area (TPSA) is 237 Å². The lowest BCUT2D eigenvalue weighted by Crippen LogP contribution is -2.30. The van der Waals surface area contributed by atoms with Crippen LogP contribution in [0.4, 0.5) is 0 Å². The van der Waals surface area contributed by atoms with Crippen LogP contribution in [0.2, 0.25) is 0 Å². The van der Waals surface area contributed by atoms with E-state index in [1.54, 1.807) is 0 Å². The number of aliphatic hydroxyl groups excluding tert-OH is 1. The number of unbranched alkanes of at least 4 members (excludes halogenated alkanes) is 53. The lowest BCUT2D eigenvalue weighted by molar-refractivity contribution is -0.161. The number of hydrogen-bond donors (Lipinski definition) is 3. The molecule has 0 fully saturated rings. The van der Waals surface area contributed by atoms with E-state index in [0.29, 0.717) is 31.6 Å². The fourth-order valence-electron chi connectivity index (χ4n) is 14.3. The van der Waals surface area contributed by atoms with Gasteiger partial charge in [0.15, 0.2) is 12.2 Å². The van der Waals surface area contributed by atoms with Crippen molar-refractivity contribution in [2.24, 2.45) is 23.7 Å². The predicted octanol–water partition coefficient (Wildman–Crippen LogP) is 28.3. The normalized spacial score (nSPS) is 14.3. The number of hydrogen-bond acceptors (Lipinski definition) is 15. The minimum atomic E-state index is -4.97. The highest BCUT2D eigenvalue weighted by Gasteiger charge is 2.31. The Morgan fingerprint density at radius 3 is 0.640 bits per heavy atom. The molecule has 3 N–H and O–H groups in total. The second-order valence-corrected chi connectivity index (χ2v) is 37.4. The minimum absolute atomic E-state index is 0.107. The molecule has 0 aliphatic heterocycles. The van der Waals surface area contributed by atoms with Crippen LogP contribution >= 0.6 is 15.6 Å². The third-order valence-electron chi connectivity index (χ3n) is 22.3. The average molecular weight is 1620 g/mol. The van der Waals surface area contributed by atoms with Crippen molar-refractivity contribution in [3.05, 3.63) is 0 Å². The Balaban J connectivity index is 5.21. The van der Waals surface area contributed by atoms with Crippen LogP contribution in [-0.4, -0.2) is 96.7 Å². The number of rotatable bonds is 89. The maximum absolute atomic E-state index is 13.2. The van der Waals surface area contributed by atoms with Crippen molar-refractivity contribution < 1.29 is 80.2 Å². The predicted molar refractivity (Wildman–Crippen MR) is 460 cm³/mol. The molecule has 0 saturated heterocycles. The van der Waals surface area contributed by atoms with Gasteiger partial charge < -0.3 is 33.8 Å². The van der Waals surface area contributed by atoms with Gasteiger partial charge in [-0.2, -0.15) is 0 Å². The van der Waals surface area contributed by atoms with E-state index in [1.165, 1.54) is 283 Å². The number of ether oxygens (including phenoxy) is 4. The van der Waals surface area contributed by atoms with Gasteiger partial charge in [0.1, 0.15) is 19.3 Å². The summed E-state index contributed by atoms with van der Waals surface area (Å²) in [5.41, 5.74) is 0. The van der Waals surface area contributed by atoms with Gasteiger partial charge in [0.2, 0.25) is 0 Å². The summed E-state index contributed by atoms with van der Waals surface area (Å²) in [6, 6.07) is 0. The van der Waals surface area contributed by atoms with E-state index in [2.05, 4.69) is 55.4 Å². The zero-order valence-corrected chi connectivity index (χ0v) is 75.4. The molecule has 0 aromatic heterocycles. The van der Waals surface area contributed by atoms with Gasteiger partial charge in [-0.3, -0.25) is 37.3 Å². The van der Waals surface area contributed by atoms with E-state index >= 15 is 0 Å². The van der Waals surface area contributed by atoms with Crippen LogP contribution in [-0.2, 0) is 65.4 Å². The monoisotopic (exact) mass is 1620 g/mol. The first-order valence-corrected chi connectivity index (χ1v) is 50.3. The summed E-state index contributed by atoms with van der Waals surface area (Å²) in [6.07, 6.45) is 72.3. The van der Waals surface area contributed by atoms with Crippen molar-refractivity contribution in [3.63, 3.8) is 0 Å². The highest BCUT2D eigenvalue weighted by Crippen LogP contribution is 2.45. The molecule has 660 valence electrons. The molecule has 17 nitrogen and oxygen atoms in total. The first-order valence-electron chi connectivity index (χ1n) is 47.3. The first-order chi connectivity index (χ1) is 53.7. The Bertz CT molecular complexity index is 2150. The van der Waals surface area contributed by atoms with E-state index in [0.717, 1.165) is 114 Å². The summed E-state index contributed by atoms with van der Waals surface area (Å²) in [6.45, 7) is 14.4. The summed E-state index contributed by atoms with van der Waals surface area (Å²) in [7, 11) is -9.94. The SMILES string of the molecule is CCC(C)CCCCCCCCCCCCCCCCCCCCC(=O)O[C@H](COC(=O)CCCCCCCCCC(C)C)COP(=O)(O)OCC(O)COP(=O)(O)OC[C@@H](COC(=O)CCCCCCCCCCCCCCCCC(C)CC)OC(=O)CCCCCCCCCCCCCCCCCCCCC(C)C. The summed E-state index contributed by atoms with van der Waals surface area (Å²) < 4.78 is 69.1. The standard InChI is InChI=1S/C92H180O17P2/c1-9-84(7)70-62-54-46-38-32-26-20-16-12-14-18-22-30-36-42-50-59-67-75-92(97)109-88(79-103-90(95)73-65-57-51-43-45-53-61-69-83(5)6)81-107-111(100,101)105-77-86(93)76-104-110(98,99)106-80-87(78-102-89(94)72-64-56-48-40-34-28-24-23-27-33-39-47-55-63-71-85(8)10-2)108-91(96)74-66-58-49-41-35-29-21-17-13-11-15-19-25-31-37-44-52-60-68-82(3)4/h82-88,93H,9-81H2,1-8H3,(H,98,99)(H,100,101)/t84?,85?,86?,87-,88-/m1/s1. The molecule has 0 saturated carbocycles. The zero-order chi connectivity index (χ0) is 81.6. The third kappa shape index (κ3) is 82.9.